The van der Waals surface area contributed by atoms with E-state index in [0.717, 1.165) is 11.1 Å². The van der Waals surface area contributed by atoms with Crippen LogP contribution < -0.4 is 10.6 Å². The Hall–Kier alpha value is -3.73. The van der Waals surface area contributed by atoms with Crippen molar-refractivity contribution in [1.82, 2.24) is 14.9 Å². The van der Waals surface area contributed by atoms with Crippen LogP contribution in [0.3, 0.4) is 0 Å². The molecular formula is C35H47N3O6S. The lowest BCUT2D eigenvalue weighted by atomic mass is 9.85. The first kappa shape index (κ1) is 35.7. The Morgan fingerprint density at radius 1 is 0.844 bits per heavy atom. The number of nitrogens with zero attached hydrogens (tertiary/aromatic N) is 1. The highest BCUT2D eigenvalue weighted by molar-refractivity contribution is 7.89. The van der Waals surface area contributed by atoms with Crippen molar-refractivity contribution in [2.24, 2.45) is 11.3 Å². The van der Waals surface area contributed by atoms with E-state index >= 15 is 0 Å². The van der Waals surface area contributed by atoms with E-state index in [-0.39, 0.29) is 36.9 Å². The van der Waals surface area contributed by atoms with Crippen LogP contribution in [0.25, 0.3) is 0 Å². The monoisotopic (exact) mass is 637 g/mol. The van der Waals surface area contributed by atoms with E-state index in [2.05, 4.69) is 10.6 Å². The van der Waals surface area contributed by atoms with E-state index in [1.54, 1.807) is 18.2 Å². The summed E-state index contributed by atoms with van der Waals surface area (Å²) in [6.45, 7) is 9.49. The van der Waals surface area contributed by atoms with Gasteiger partial charge in [-0.3, -0.25) is 4.79 Å². The zero-order valence-corrected chi connectivity index (χ0v) is 27.7. The first-order valence-corrected chi connectivity index (χ1v) is 16.8. The lowest BCUT2D eigenvalue weighted by Crippen LogP contribution is -2.58. The van der Waals surface area contributed by atoms with Crippen LogP contribution in [0, 0.1) is 11.3 Å². The predicted molar refractivity (Wildman–Crippen MR) is 176 cm³/mol. The smallest absolute Gasteiger partial charge is 0.408 e. The Bertz CT molecular complexity index is 1440. The molecule has 10 heteroatoms. The summed E-state index contributed by atoms with van der Waals surface area (Å²) in [6, 6.07) is 24.8. The summed E-state index contributed by atoms with van der Waals surface area (Å²) in [5.41, 5.74) is 0.949. The summed E-state index contributed by atoms with van der Waals surface area (Å²) in [5.74, 6) is -0.283. The first-order valence-electron chi connectivity index (χ1n) is 15.3. The third-order valence-corrected chi connectivity index (χ3v) is 9.30. The van der Waals surface area contributed by atoms with Gasteiger partial charge in [-0.05, 0) is 47.4 Å². The Balaban J connectivity index is 1.84. The summed E-state index contributed by atoms with van der Waals surface area (Å²) in [7, 11) is -3.92. The Kier molecular flexibility index (Phi) is 13.1. The molecule has 45 heavy (non-hydrogen) atoms. The normalized spacial score (nSPS) is 14.0. The molecule has 0 aliphatic rings. The van der Waals surface area contributed by atoms with Crippen LogP contribution in [-0.2, 0) is 32.6 Å². The second-order valence-corrected chi connectivity index (χ2v) is 14.7. The van der Waals surface area contributed by atoms with Crippen molar-refractivity contribution in [2.45, 2.75) is 77.2 Å². The van der Waals surface area contributed by atoms with Crippen LogP contribution in [0.2, 0.25) is 0 Å². The van der Waals surface area contributed by atoms with E-state index < -0.39 is 45.6 Å². The molecule has 0 bridgehead atoms. The van der Waals surface area contributed by atoms with Crippen LogP contribution in [0.4, 0.5) is 4.79 Å². The number of alkyl carbamates (subject to hydrolysis) is 1. The molecule has 0 aliphatic carbocycles. The minimum Gasteiger partial charge on any atom is -0.445 e. The maximum absolute atomic E-state index is 13.8. The third-order valence-electron chi connectivity index (χ3n) is 7.42. The van der Waals surface area contributed by atoms with Crippen molar-refractivity contribution in [2.75, 3.05) is 13.1 Å². The van der Waals surface area contributed by atoms with Crippen molar-refractivity contribution >= 4 is 22.0 Å². The van der Waals surface area contributed by atoms with E-state index in [0.29, 0.717) is 6.42 Å². The van der Waals surface area contributed by atoms with E-state index in [1.807, 2.05) is 95.3 Å². The minimum absolute atomic E-state index is 0.0442. The second kappa shape index (κ2) is 16.5. The first-order chi connectivity index (χ1) is 21.3. The Labute approximate surface area is 268 Å². The quantitative estimate of drug-likeness (QED) is 0.212. The number of carbonyl (C=O) groups excluding carboxylic acids is 2. The van der Waals surface area contributed by atoms with Gasteiger partial charge in [0.05, 0.1) is 17.0 Å². The number of amides is 2. The molecule has 0 spiro atoms. The number of aliphatic hydroxyl groups excluding tert-OH is 1. The molecule has 3 rings (SSSR count). The number of carbonyl (C=O) groups is 2. The molecule has 0 aliphatic heterocycles. The Morgan fingerprint density at radius 2 is 1.38 bits per heavy atom. The number of hydrogen-bond acceptors (Lipinski definition) is 6. The molecule has 3 atom stereocenters. The summed E-state index contributed by atoms with van der Waals surface area (Å²) < 4.78 is 34.0. The molecule has 3 N–H and O–H groups in total. The zero-order valence-electron chi connectivity index (χ0n) is 26.8. The lowest BCUT2D eigenvalue weighted by molar-refractivity contribution is -0.127. The molecule has 0 saturated carbocycles. The molecule has 0 heterocycles. The minimum atomic E-state index is -3.92. The fourth-order valence-electron chi connectivity index (χ4n) is 4.76. The third kappa shape index (κ3) is 11.3. The summed E-state index contributed by atoms with van der Waals surface area (Å²) in [5, 5.41) is 17.2. The van der Waals surface area contributed by atoms with Crippen molar-refractivity contribution < 1.29 is 27.9 Å². The van der Waals surface area contributed by atoms with Gasteiger partial charge in [0.15, 0.2) is 0 Å². The topological polar surface area (TPSA) is 125 Å². The van der Waals surface area contributed by atoms with Crippen LogP contribution in [0.1, 0.15) is 52.2 Å². The molecule has 9 nitrogen and oxygen atoms in total. The zero-order chi connectivity index (χ0) is 33.0. The van der Waals surface area contributed by atoms with Crippen molar-refractivity contribution in [3.8, 4) is 0 Å². The molecule has 0 aromatic heterocycles. The molecule has 0 fully saturated rings. The summed E-state index contributed by atoms with van der Waals surface area (Å²) >= 11 is 0. The fraction of sp³-hybridized carbons (Fsp3) is 0.429. The van der Waals surface area contributed by atoms with E-state index in [1.165, 1.54) is 16.4 Å². The average Bonchev–Trinajstić information content (AvgIpc) is 3.01. The van der Waals surface area contributed by atoms with E-state index in [4.69, 9.17) is 4.74 Å². The number of rotatable bonds is 15. The van der Waals surface area contributed by atoms with Crippen molar-refractivity contribution in [3.05, 3.63) is 102 Å². The van der Waals surface area contributed by atoms with Gasteiger partial charge in [-0.15, -0.1) is 0 Å². The highest BCUT2D eigenvalue weighted by Gasteiger charge is 2.37. The maximum atomic E-state index is 13.8. The van der Waals surface area contributed by atoms with Gasteiger partial charge in [0.1, 0.15) is 12.6 Å². The maximum Gasteiger partial charge on any atom is 0.408 e. The second-order valence-electron chi connectivity index (χ2n) is 12.7. The molecule has 3 aromatic carbocycles. The standard InChI is InChI=1S/C35H47N3O6S/c1-26(2)21-22-38(45(42,43)29-19-13-8-14-20-29)24-31(39)30(23-27-15-9-6-10-16-27)36-33(40)32(35(3,4)5)37-34(41)44-25-28-17-11-7-12-18-28/h6-20,26,30-32,39H,21-25H2,1-5H3,(H,36,40)(H,37,41)/t30?,31-,32-/m1/s1. The summed E-state index contributed by atoms with van der Waals surface area (Å²) in [6.07, 6.45) is -1.17. The number of benzene rings is 3. The molecule has 0 radical (unpaired) electrons. The number of aliphatic hydroxyl groups is 1. The van der Waals surface area contributed by atoms with Crippen LogP contribution in [-0.4, -0.2) is 61.1 Å². The van der Waals surface area contributed by atoms with Gasteiger partial charge in [0, 0.05) is 13.1 Å². The van der Waals surface area contributed by atoms with Gasteiger partial charge in [-0.25, -0.2) is 13.2 Å². The van der Waals surface area contributed by atoms with Gasteiger partial charge < -0.3 is 20.5 Å². The number of ether oxygens (including phenoxy) is 1. The average molecular weight is 638 g/mol. The SMILES string of the molecule is CC(C)CCN(C[C@@H](O)C(Cc1ccccc1)NC(=O)[C@@H](NC(=O)OCc1ccccc1)C(C)(C)C)S(=O)(=O)c1ccccc1. The highest BCUT2D eigenvalue weighted by Crippen LogP contribution is 2.22. The fourth-order valence-corrected chi connectivity index (χ4v) is 6.26. The Morgan fingerprint density at radius 3 is 1.91 bits per heavy atom. The molecule has 244 valence electrons. The predicted octanol–water partition coefficient (Wildman–Crippen LogP) is 5.15. The molecule has 1 unspecified atom stereocenters. The molecular weight excluding hydrogens is 590 g/mol. The van der Waals surface area contributed by atoms with Crippen molar-refractivity contribution in [3.63, 3.8) is 0 Å². The van der Waals surface area contributed by atoms with Gasteiger partial charge >= 0.3 is 6.09 Å². The van der Waals surface area contributed by atoms with Crippen molar-refractivity contribution in [1.29, 1.82) is 0 Å². The van der Waals surface area contributed by atoms with Crippen LogP contribution >= 0.6 is 0 Å². The molecule has 0 saturated heterocycles. The van der Waals surface area contributed by atoms with Gasteiger partial charge in [0.25, 0.3) is 0 Å². The molecule has 2 amide bonds. The number of nitrogens with one attached hydrogen (secondary N) is 2. The lowest BCUT2D eigenvalue weighted by Gasteiger charge is -2.34. The van der Waals surface area contributed by atoms with Gasteiger partial charge in [0.2, 0.25) is 15.9 Å². The number of hydrogen-bond donors (Lipinski definition) is 3. The van der Waals surface area contributed by atoms with Crippen LogP contribution in [0.5, 0.6) is 0 Å². The summed E-state index contributed by atoms with van der Waals surface area (Å²) in [4.78, 5) is 26.7. The van der Waals surface area contributed by atoms with Gasteiger partial charge in [-0.2, -0.15) is 4.31 Å². The number of sulfonamides is 1. The van der Waals surface area contributed by atoms with Gasteiger partial charge in [-0.1, -0.05) is 113 Å². The highest BCUT2D eigenvalue weighted by atomic mass is 32.2. The largest absolute Gasteiger partial charge is 0.445 e. The van der Waals surface area contributed by atoms with Crippen LogP contribution in [0.15, 0.2) is 95.9 Å². The van der Waals surface area contributed by atoms with E-state index in [9.17, 15) is 23.1 Å². The molecule has 3 aromatic rings.